The molecule has 5 nitrogen and oxygen atoms in total. The van der Waals surface area contributed by atoms with Gasteiger partial charge >= 0.3 is 10.1 Å². The summed E-state index contributed by atoms with van der Waals surface area (Å²) in [6.07, 6.45) is 2.04. The van der Waals surface area contributed by atoms with E-state index < -0.39 is 10.1 Å². The van der Waals surface area contributed by atoms with E-state index in [4.69, 9.17) is 8.92 Å². The van der Waals surface area contributed by atoms with Crippen molar-refractivity contribution in [3.05, 3.63) is 23.8 Å². The molecule has 0 unspecified atom stereocenters. The summed E-state index contributed by atoms with van der Waals surface area (Å²) in [5, 5.41) is 3.33. The predicted octanol–water partition coefficient (Wildman–Crippen LogP) is 1.92. The molecule has 1 aromatic carbocycles. The van der Waals surface area contributed by atoms with Crippen LogP contribution < -0.4 is 14.2 Å². The Balaban J connectivity index is 2.89. The third-order valence-corrected chi connectivity index (χ3v) is 3.22. The number of hydrogen-bond acceptors (Lipinski definition) is 5. The zero-order valence-electron chi connectivity index (χ0n) is 11.8. The van der Waals surface area contributed by atoms with E-state index in [9.17, 15) is 8.42 Å². The van der Waals surface area contributed by atoms with Gasteiger partial charge in [-0.05, 0) is 31.0 Å². The van der Waals surface area contributed by atoms with Crippen molar-refractivity contribution in [2.24, 2.45) is 0 Å². The van der Waals surface area contributed by atoms with E-state index in [1.54, 1.807) is 12.1 Å². The number of nitrogens with one attached hydrogen (secondary N) is 1. The van der Waals surface area contributed by atoms with E-state index in [0.29, 0.717) is 18.3 Å². The zero-order valence-corrected chi connectivity index (χ0v) is 12.6. The van der Waals surface area contributed by atoms with Crippen molar-refractivity contribution in [2.75, 3.05) is 13.4 Å². The Morgan fingerprint density at radius 1 is 1.32 bits per heavy atom. The molecule has 0 aliphatic carbocycles. The molecule has 0 aromatic heterocycles. The molecule has 0 bridgehead atoms. The van der Waals surface area contributed by atoms with Gasteiger partial charge in [0.2, 0.25) is 0 Å². The van der Waals surface area contributed by atoms with E-state index in [1.165, 1.54) is 7.11 Å². The van der Waals surface area contributed by atoms with Gasteiger partial charge < -0.3 is 14.2 Å². The minimum atomic E-state index is -3.56. The summed E-state index contributed by atoms with van der Waals surface area (Å²) < 4.78 is 32.4. The van der Waals surface area contributed by atoms with Gasteiger partial charge in [-0.3, -0.25) is 0 Å². The van der Waals surface area contributed by atoms with Gasteiger partial charge in [-0.2, -0.15) is 8.42 Å². The maximum atomic E-state index is 11.2. The minimum absolute atomic E-state index is 0.216. The Labute approximate surface area is 115 Å². The molecule has 0 fully saturated rings. The highest BCUT2D eigenvalue weighted by molar-refractivity contribution is 7.86. The molecular formula is C13H21NO4S. The highest BCUT2D eigenvalue weighted by Crippen LogP contribution is 2.29. The van der Waals surface area contributed by atoms with Crippen LogP contribution in [0.5, 0.6) is 11.5 Å². The third kappa shape index (κ3) is 5.48. The fraction of sp³-hybridized carbons (Fsp3) is 0.538. The van der Waals surface area contributed by atoms with Crippen LogP contribution in [0, 0.1) is 0 Å². The summed E-state index contributed by atoms with van der Waals surface area (Å²) in [5.74, 6) is 0.617. The number of benzene rings is 1. The molecule has 1 aromatic rings. The molecule has 19 heavy (non-hydrogen) atoms. The van der Waals surface area contributed by atoms with Crippen molar-refractivity contribution < 1.29 is 17.3 Å². The lowest BCUT2D eigenvalue weighted by molar-refractivity contribution is 0.391. The van der Waals surface area contributed by atoms with Gasteiger partial charge in [-0.1, -0.05) is 13.0 Å². The highest BCUT2D eigenvalue weighted by atomic mass is 32.2. The van der Waals surface area contributed by atoms with Crippen LogP contribution in [-0.4, -0.2) is 27.8 Å². The van der Waals surface area contributed by atoms with Crippen molar-refractivity contribution in [3.8, 4) is 11.5 Å². The first-order valence-electron chi connectivity index (χ1n) is 6.15. The number of methoxy groups -OCH3 is 1. The predicted molar refractivity (Wildman–Crippen MR) is 75.1 cm³/mol. The van der Waals surface area contributed by atoms with E-state index in [0.717, 1.165) is 18.2 Å². The van der Waals surface area contributed by atoms with Gasteiger partial charge in [-0.15, -0.1) is 0 Å². The van der Waals surface area contributed by atoms with Crippen LogP contribution in [0.2, 0.25) is 0 Å². The summed E-state index contributed by atoms with van der Waals surface area (Å²) in [6.45, 7) is 4.85. The maximum absolute atomic E-state index is 11.2. The van der Waals surface area contributed by atoms with E-state index in [1.807, 2.05) is 6.07 Å². The second-order valence-corrected chi connectivity index (χ2v) is 6.04. The summed E-state index contributed by atoms with van der Waals surface area (Å²) in [5.41, 5.74) is 0.944. The summed E-state index contributed by atoms with van der Waals surface area (Å²) >= 11 is 0. The second-order valence-electron chi connectivity index (χ2n) is 4.46. The minimum Gasteiger partial charge on any atom is -0.493 e. The first-order valence-corrected chi connectivity index (χ1v) is 7.97. The second kappa shape index (κ2) is 6.77. The molecule has 0 spiro atoms. The Hall–Kier alpha value is -1.27. The highest BCUT2D eigenvalue weighted by Gasteiger charge is 2.11. The van der Waals surface area contributed by atoms with E-state index in [2.05, 4.69) is 19.2 Å². The lowest BCUT2D eigenvalue weighted by Gasteiger charge is -2.13. The Morgan fingerprint density at radius 3 is 2.53 bits per heavy atom. The molecule has 1 rings (SSSR count). The molecule has 108 valence electrons. The molecule has 0 amide bonds. The zero-order chi connectivity index (χ0) is 14.5. The van der Waals surface area contributed by atoms with Gasteiger partial charge in [0.15, 0.2) is 11.5 Å². The van der Waals surface area contributed by atoms with Crippen molar-refractivity contribution in [1.29, 1.82) is 0 Å². The number of ether oxygens (including phenoxy) is 1. The summed E-state index contributed by atoms with van der Waals surface area (Å²) in [6, 6.07) is 5.66. The fourth-order valence-electron chi connectivity index (χ4n) is 1.50. The molecule has 0 aliphatic rings. The molecule has 0 saturated heterocycles. The van der Waals surface area contributed by atoms with Gasteiger partial charge in [0.25, 0.3) is 0 Å². The molecule has 0 saturated carbocycles. The van der Waals surface area contributed by atoms with Crippen molar-refractivity contribution in [2.45, 2.75) is 32.9 Å². The topological polar surface area (TPSA) is 64.6 Å². The SMILES string of the molecule is CC[C@H](C)NCc1ccc(OC)c(OS(C)(=O)=O)c1. The normalized spacial score (nSPS) is 13.1. The average Bonchev–Trinajstić information content (AvgIpc) is 2.34. The van der Waals surface area contributed by atoms with Crippen LogP contribution in [0.25, 0.3) is 0 Å². The standard InChI is InChI=1S/C13H21NO4S/c1-5-10(2)14-9-11-6-7-12(17-3)13(8-11)18-19(4,15)16/h6-8,10,14H,5,9H2,1-4H3/t10-/m0/s1. The molecular weight excluding hydrogens is 266 g/mol. The smallest absolute Gasteiger partial charge is 0.306 e. The first kappa shape index (κ1) is 15.8. The quantitative estimate of drug-likeness (QED) is 0.776. The average molecular weight is 287 g/mol. The fourth-order valence-corrected chi connectivity index (χ4v) is 1.95. The lowest BCUT2D eigenvalue weighted by atomic mass is 10.2. The molecule has 0 heterocycles. The van der Waals surface area contributed by atoms with Crippen LogP contribution in [-0.2, 0) is 16.7 Å². The number of hydrogen-bond donors (Lipinski definition) is 1. The first-order chi connectivity index (χ1) is 8.85. The van der Waals surface area contributed by atoms with Crippen molar-refractivity contribution >= 4 is 10.1 Å². The third-order valence-electron chi connectivity index (χ3n) is 2.74. The molecule has 1 N–H and O–H groups in total. The van der Waals surface area contributed by atoms with Crippen LogP contribution in [0.15, 0.2) is 18.2 Å². The summed E-state index contributed by atoms with van der Waals surface area (Å²) in [7, 11) is -2.09. The summed E-state index contributed by atoms with van der Waals surface area (Å²) in [4.78, 5) is 0. The van der Waals surface area contributed by atoms with Gasteiger partial charge in [-0.25, -0.2) is 0 Å². The van der Waals surface area contributed by atoms with Gasteiger partial charge in [0, 0.05) is 12.6 Å². The number of rotatable bonds is 7. The Morgan fingerprint density at radius 2 is 2.00 bits per heavy atom. The van der Waals surface area contributed by atoms with Crippen LogP contribution in [0.3, 0.4) is 0 Å². The maximum Gasteiger partial charge on any atom is 0.306 e. The van der Waals surface area contributed by atoms with Crippen molar-refractivity contribution in [1.82, 2.24) is 5.32 Å². The van der Waals surface area contributed by atoms with Gasteiger partial charge in [0.05, 0.1) is 13.4 Å². The molecule has 1 atom stereocenters. The molecule has 0 aliphatic heterocycles. The van der Waals surface area contributed by atoms with E-state index in [-0.39, 0.29) is 5.75 Å². The molecule has 6 heteroatoms. The Kier molecular flexibility index (Phi) is 5.62. The lowest BCUT2D eigenvalue weighted by Crippen LogP contribution is -2.24. The Bertz CT molecular complexity index is 513. The van der Waals surface area contributed by atoms with Crippen molar-refractivity contribution in [3.63, 3.8) is 0 Å². The van der Waals surface area contributed by atoms with Crippen LogP contribution in [0.4, 0.5) is 0 Å². The van der Waals surface area contributed by atoms with Crippen LogP contribution in [0.1, 0.15) is 25.8 Å². The van der Waals surface area contributed by atoms with Crippen LogP contribution >= 0.6 is 0 Å². The van der Waals surface area contributed by atoms with Gasteiger partial charge in [0.1, 0.15) is 0 Å². The molecule has 0 radical (unpaired) electrons. The largest absolute Gasteiger partial charge is 0.493 e. The monoisotopic (exact) mass is 287 g/mol. The van der Waals surface area contributed by atoms with E-state index >= 15 is 0 Å².